The quantitative estimate of drug-likeness (QED) is 0.276. The van der Waals surface area contributed by atoms with E-state index in [0.29, 0.717) is 16.8 Å². The van der Waals surface area contributed by atoms with Gasteiger partial charge in [0.1, 0.15) is 0 Å². The van der Waals surface area contributed by atoms with Crippen molar-refractivity contribution in [1.29, 1.82) is 0 Å². The lowest BCUT2D eigenvalue weighted by molar-refractivity contribution is -0.122. The van der Waals surface area contributed by atoms with Crippen molar-refractivity contribution in [2.75, 3.05) is 25.4 Å². The first-order valence-electron chi connectivity index (χ1n) is 11.8. The molecule has 7 nitrogen and oxygen atoms in total. The van der Waals surface area contributed by atoms with Crippen LogP contribution in [-0.4, -0.2) is 45.9 Å². The SMILES string of the molecule is CCN(CC)CCCn1cc(C2=C(c3c[nH]c4ccccc34)C(=O)NC2=O)c2ccc(N)cc21. The van der Waals surface area contributed by atoms with Gasteiger partial charge in [-0.05, 0) is 44.3 Å². The van der Waals surface area contributed by atoms with Crippen LogP contribution in [0.5, 0.6) is 0 Å². The number of benzene rings is 2. The summed E-state index contributed by atoms with van der Waals surface area (Å²) >= 11 is 0. The number of hydrogen-bond donors (Lipinski definition) is 3. The Morgan fingerprint density at radius 1 is 0.941 bits per heavy atom. The lowest BCUT2D eigenvalue weighted by Crippen LogP contribution is -2.24. The van der Waals surface area contributed by atoms with Gasteiger partial charge in [-0.3, -0.25) is 14.9 Å². The number of aromatic amines is 1. The number of hydrogen-bond acceptors (Lipinski definition) is 4. The fraction of sp³-hybridized carbons (Fsp3) is 0.259. The molecule has 0 saturated carbocycles. The minimum atomic E-state index is -0.373. The van der Waals surface area contributed by atoms with Crippen LogP contribution in [0, 0.1) is 0 Å². The highest BCUT2D eigenvalue weighted by molar-refractivity contribution is 6.50. The van der Waals surface area contributed by atoms with E-state index in [0.717, 1.165) is 65.5 Å². The van der Waals surface area contributed by atoms with Gasteiger partial charge in [0.25, 0.3) is 11.8 Å². The average molecular weight is 456 g/mol. The molecule has 0 saturated heterocycles. The van der Waals surface area contributed by atoms with E-state index < -0.39 is 0 Å². The van der Waals surface area contributed by atoms with E-state index in [1.807, 2.05) is 48.7 Å². The van der Waals surface area contributed by atoms with Crippen LogP contribution in [0.1, 0.15) is 31.4 Å². The lowest BCUT2D eigenvalue weighted by Gasteiger charge is -2.18. The smallest absolute Gasteiger partial charge is 0.259 e. The third kappa shape index (κ3) is 3.68. The Morgan fingerprint density at radius 3 is 2.44 bits per heavy atom. The van der Waals surface area contributed by atoms with E-state index in [9.17, 15) is 9.59 Å². The highest BCUT2D eigenvalue weighted by atomic mass is 16.2. The Kier molecular flexibility index (Phi) is 5.71. The van der Waals surface area contributed by atoms with E-state index in [1.165, 1.54) is 0 Å². The van der Waals surface area contributed by atoms with Gasteiger partial charge in [0.2, 0.25) is 0 Å². The molecule has 2 amide bonds. The standard InChI is InChI=1S/C27H29N5O2/c1-3-31(4-2)12-7-13-32-16-21(19-11-10-17(28)14-23(19)32)25-24(26(33)30-27(25)34)20-15-29-22-9-6-5-8-18(20)22/h5-6,8-11,14-16,29H,3-4,7,12-13,28H2,1-2H3,(H,30,33,34). The molecule has 0 atom stereocenters. The molecule has 0 bridgehead atoms. The molecule has 2 aromatic carbocycles. The number of anilines is 1. The van der Waals surface area contributed by atoms with Gasteiger partial charge in [-0.25, -0.2) is 0 Å². The second kappa shape index (κ2) is 8.83. The number of rotatable bonds is 8. The Balaban J connectivity index is 1.65. The minimum absolute atomic E-state index is 0.371. The molecule has 0 radical (unpaired) electrons. The maximum Gasteiger partial charge on any atom is 0.259 e. The fourth-order valence-electron chi connectivity index (χ4n) is 4.95. The van der Waals surface area contributed by atoms with Gasteiger partial charge < -0.3 is 20.2 Å². The average Bonchev–Trinajstić information content (AvgIpc) is 3.49. The van der Waals surface area contributed by atoms with E-state index >= 15 is 0 Å². The third-order valence-corrected chi connectivity index (χ3v) is 6.73. The van der Waals surface area contributed by atoms with Crippen molar-refractivity contribution in [3.63, 3.8) is 0 Å². The van der Waals surface area contributed by atoms with Crippen molar-refractivity contribution in [1.82, 2.24) is 19.8 Å². The molecule has 4 N–H and O–H groups in total. The zero-order chi connectivity index (χ0) is 23.8. The third-order valence-electron chi connectivity index (χ3n) is 6.73. The highest BCUT2D eigenvalue weighted by Crippen LogP contribution is 2.38. The molecular weight excluding hydrogens is 426 g/mol. The minimum Gasteiger partial charge on any atom is -0.399 e. The largest absolute Gasteiger partial charge is 0.399 e. The number of aromatic nitrogens is 2. The maximum absolute atomic E-state index is 13.1. The molecule has 0 spiro atoms. The summed E-state index contributed by atoms with van der Waals surface area (Å²) in [7, 11) is 0. The molecule has 0 fully saturated rings. The second-order valence-corrected chi connectivity index (χ2v) is 8.67. The van der Waals surface area contributed by atoms with Crippen molar-refractivity contribution in [2.24, 2.45) is 0 Å². The van der Waals surface area contributed by atoms with E-state index in [1.54, 1.807) is 6.20 Å². The number of imide groups is 1. The van der Waals surface area contributed by atoms with Gasteiger partial charge in [-0.1, -0.05) is 38.1 Å². The van der Waals surface area contributed by atoms with Gasteiger partial charge in [-0.2, -0.15) is 0 Å². The van der Waals surface area contributed by atoms with Gasteiger partial charge in [-0.15, -0.1) is 0 Å². The number of carbonyl (C=O) groups excluding carboxylic acids is 2. The summed E-state index contributed by atoms with van der Waals surface area (Å²) in [6.45, 7) is 8.16. The van der Waals surface area contributed by atoms with Crippen molar-refractivity contribution in [3.05, 3.63) is 66.0 Å². The van der Waals surface area contributed by atoms with Crippen molar-refractivity contribution in [3.8, 4) is 0 Å². The normalized spacial score (nSPS) is 14.2. The molecule has 1 aliphatic rings. The van der Waals surface area contributed by atoms with Crippen LogP contribution in [-0.2, 0) is 16.1 Å². The number of aryl methyl sites for hydroxylation is 1. The van der Waals surface area contributed by atoms with Crippen LogP contribution in [0.15, 0.2) is 54.9 Å². The van der Waals surface area contributed by atoms with Gasteiger partial charge in [0, 0.05) is 52.0 Å². The molecule has 0 aliphatic carbocycles. The predicted molar refractivity (Wildman–Crippen MR) is 137 cm³/mol. The number of carbonyl (C=O) groups is 2. The molecule has 0 unspecified atom stereocenters. The first-order chi connectivity index (χ1) is 16.5. The molecule has 174 valence electrons. The Morgan fingerprint density at radius 2 is 1.68 bits per heavy atom. The summed E-state index contributed by atoms with van der Waals surface area (Å²) < 4.78 is 2.15. The Labute approximate surface area is 198 Å². The topological polar surface area (TPSA) is 96.1 Å². The second-order valence-electron chi connectivity index (χ2n) is 8.67. The van der Waals surface area contributed by atoms with Crippen molar-refractivity contribution < 1.29 is 9.59 Å². The maximum atomic E-state index is 13.1. The number of fused-ring (bicyclic) bond motifs is 2. The number of para-hydroxylation sites is 1. The molecule has 34 heavy (non-hydrogen) atoms. The van der Waals surface area contributed by atoms with Crippen LogP contribution in [0.2, 0.25) is 0 Å². The van der Waals surface area contributed by atoms with Crippen LogP contribution in [0.25, 0.3) is 33.0 Å². The number of nitrogen functional groups attached to an aromatic ring is 1. The molecule has 2 aromatic heterocycles. The number of H-pyrrole nitrogens is 1. The van der Waals surface area contributed by atoms with Crippen molar-refractivity contribution >= 4 is 50.5 Å². The summed E-state index contributed by atoms with van der Waals surface area (Å²) in [5.74, 6) is -0.744. The Bertz CT molecular complexity index is 1440. The number of nitrogens with one attached hydrogen (secondary N) is 2. The monoisotopic (exact) mass is 455 g/mol. The van der Waals surface area contributed by atoms with E-state index in [2.05, 4.69) is 33.6 Å². The molecule has 3 heterocycles. The summed E-state index contributed by atoms with van der Waals surface area (Å²) in [5.41, 5.74) is 11.0. The number of nitrogens with zero attached hydrogens (tertiary/aromatic N) is 2. The van der Waals surface area contributed by atoms with Crippen LogP contribution in [0.4, 0.5) is 5.69 Å². The van der Waals surface area contributed by atoms with Crippen molar-refractivity contribution in [2.45, 2.75) is 26.8 Å². The van der Waals surface area contributed by atoms with Crippen LogP contribution >= 0.6 is 0 Å². The highest BCUT2D eigenvalue weighted by Gasteiger charge is 2.35. The summed E-state index contributed by atoms with van der Waals surface area (Å²) in [6, 6.07) is 13.5. The van der Waals surface area contributed by atoms with E-state index in [4.69, 9.17) is 5.73 Å². The van der Waals surface area contributed by atoms with Gasteiger partial charge in [0.15, 0.2) is 0 Å². The van der Waals surface area contributed by atoms with Crippen LogP contribution in [0.3, 0.4) is 0 Å². The first-order valence-corrected chi connectivity index (χ1v) is 11.8. The Hall–Kier alpha value is -3.84. The molecule has 1 aliphatic heterocycles. The summed E-state index contributed by atoms with van der Waals surface area (Å²) in [4.78, 5) is 31.7. The summed E-state index contributed by atoms with van der Waals surface area (Å²) in [5, 5.41) is 4.34. The lowest BCUT2D eigenvalue weighted by atomic mass is 9.95. The number of nitrogens with two attached hydrogens (primary N) is 1. The van der Waals surface area contributed by atoms with Gasteiger partial charge in [0.05, 0.1) is 16.7 Å². The fourth-order valence-corrected chi connectivity index (χ4v) is 4.95. The molecular formula is C27H29N5O2. The van der Waals surface area contributed by atoms with E-state index in [-0.39, 0.29) is 11.8 Å². The van der Waals surface area contributed by atoms with Crippen LogP contribution < -0.4 is 11.1 Å². The predicted octanol–water partition coefficient (Wildman–Crippen LogP) is 4.00. The zero-order valence-electron chi connectivity index (χ0n) is 19.5. The zero-order valence-corrected chi connectivity index (χ0v) is 19.5. The van der Waals surface area contributed by atoms with Gasteiger partial charge >= 0.3 is 0 Å². The molecule has 7 heteroatoms. The number of amides is 2. The molecule has 5 rings (SSSR count). The molecule has 4 aromatic rings. The first kappa shape index (κ1) is 22.0. The summed E-state index contributed by atoms with van der Waals surface area (Å²) in [6.07, 6.45) is 4.77.